The fourth-order valence-electron chi connectivity index (χ4n) is 4.95. The molecule has 8 heteroatoms. The van der Waals surface area contributed by atoms with Crippen molar-refractivity contribution in [1.29, 1.82) is 0 Å². The number of esters is 1. The van der Waals surface area contributed by atoms with Gasteiger partial charge in [-0.3, -0.25) is 9.59 Å². The van der Waals surface area contributed by atoms with Gasteiger partial charge in [0.05, 0.1) is 29.8 Å². The highest BCUT2D eigenvalue weighted by Gasteiger charge is 2.26. The van der Waals surface area contributed by atoms with Gasteiger partial charge in [0.2, 0.25) is 0 Å². The molecule has 0 atom stereocenters. The molecule has 2 aliphatic rings. The molecule has 5 rings (SSSR count). The van der Waals surface area contributed by atoms with Crippen LogP contribution >= 0.6 is 11.6 Å². The van der Waals surface area contributed by atoms with E-state index in [1.165, 1.54) is 12.8 Å². The fraction of sp³-hybridized carbons (Fsp3) is 0.414. The van der Waals surface area contributed by atoms with Gasteiger partial charge in [-0.15, -0.1) is 0 Å². The first-order valence-electron chi connectivity index (χ1n) is 13.0. The van der Waals surface area contributed by atoms with Crippen LogP contribution < -0.4 is 10.3 Å². The van der Waals surface area contributed by atoms with E-state index in [4.69, 9.17) is 21.1 Å². The van der Waals surface area contributed by atoms with E-state index in [1.54, 1.807) is 24.0 Å². The molecule has 0 bridgehead atoms. The minimum Gasteiger partial charge on any atom is -0.486 e. The summed E-state index contributed by atoms with van der Waals surface area (Å²) in [5.74, 6) is 1.09. The predicted octanol–water partition coefficient (Wildman–Crippen LogP) is 5.87. The number of carbonyl (C=O) groups is 1. The number of nitrogens with zero attached hydrogens (tertiary/aromatic N) is 2. The van der Waals surface area contributed by atoms with Crippen LogP contribution in [-0.2, 0) is 22.7 Å². The standard InChI is InChI=1S/C29H32ClN3O4/c1-2-36-28(34)16-33-18-31-15-22(33)17-37-27-12-9-21(14-25(27)30)24(13-19-5-3-4-6-19)26-11-10-23(20-7-8-20)29(35)32-26/h9-15,18-20H,2-8,16-17H2,1H3,(H,32,35)/b24-13+. The number of ether oxygens (including phenoxy) is 2. The van der Waals surface area contributed by atoms with E-state index in [1.807, 2.05) is 30.3 Å². The van der Waals surface area contributed by atoms with Crippen molar-refractivity contribution in [2.45, 2.75) is 64.5 Å². The van der Waals surface area contributed by atoms with Crippen LogP contribution in [0.1, 0.15) is 73.9 Å². The van der Waals surface area contributed by atoms with Gasteiger partial charge in [0.15, 0.2) is 0 Å². The van der Waals surface area contributed by atoms with Crippen LogP contribution in [0.4, 0.5) is 0 Å². The van der Waals surface area contributed by atoms with Crippen LogP contribution in [0.3, 0.4) is 0 Å². The van der Waals surface area contributed by atoms with Crippen molar-refractivity contribution in [2.75, 3.05) is 6.61 Å². The number of allylic oxidation sites excluding steroid dienone is 1. The van der Waals surface area contributed by atoms with Crippen LogP contribution in [0.25, 0.3) is 5.57 Å². The predicted molar refractivity (Wildman–Crippen MR) is 143 cm³/mol. The number of hydrogen-bond donors (Lipinski definition) is 1. The quantitative estimate of drug-likeness (QED) is 0.337. The third kappa shape index (κ3) is 6.16. The van der Waals surface area contributed by atoms with E-state index >= 15 is 0 Å². The van der Waals surface area contributed by atoms with E-state index in [-0.39, 0.29) is 24.7 Å². The van der Waals surface area contributed by atoms with Gasteiger partial charge in [0.25, 0.3) is 5.56 Å². The molecule has 0 spiro atoms. The van der Waals surface area contributed by atoms with Gasteiger partial charge >= 0.3 is 5.97 Å². The van der Waals surface area contributed by atoms with E-state index < -0.39 is 0 Å². The first-order valence-corrected chi connectivity index (χ1v) is 13.4. The zero-order chi connectivity index (χ0) is 25.8. The zero-order valence-corrected chi connectivity index (χ0v) is 21.8. The fourth-order valence-corrected chi connectivity index (χ4v) is 5.19. The summed E-state index contributed by atoms with van der Waals surface area (Å²) in [6.45, 7) is 2.39. The highest BCUT2D eigenvalue weighted by molar-refractivity contribution is 6.32. The van der Waals surface area contributed by atoms with Gasteiger partial charge in [-0.05, 0) is 68.2 Å². The summed E-state index contributed by atoms with van der Waals surface area (Å²) in [5.41, 5.74) is 4.37. The summed E-state index contributed by atoms with van der Waals surface area (Å²) in [4.78, 5) is 31.9. The van der Waals surface area contributed by atoms with Crippen LogP contribution in [0.5, 0.6) is 5.75 Å². The van der Waals surface area contributed by atoms with Crippen LogP contribution in [-0.4, -0.2) is 27.1 Å². The summed E-state index contributed by atoms with van der Waals surface area (Å²) in [6.07, 6.45) is 12.5. The Hall–Kier alpha value is -3.32. The highest BCUT2D eigenvalue weighted by Crippen LogP contribution is 2.39. The Bertz CT molecular complexity index is 1350. The number of nitrogens with one attached hydrogen (secondary N) is 1. The van der Waals surface area contributed by atoms with E-state index in [9.17, 15) is 9.59 Å². The Morgan fingerprint density at radius 2 is 2.00 bits per heavy atom. The molecule has 1 N–H and O–H groups in total. The largest absolute Gasteiger partial charge is 0.486 e. The lowest BCUT2D eigenvalue weighted by Crippen LogP contribution is -2.15. The number of benzene rings is 1. The zero-order valence-electron chi connectivity index (χ0n) is 21.0. The number of imidazole rings is 1. The molecule has 37 heavy (non-hydrogen) atoms. The van der Waals surface area contributed by atoms with Gasteiger partial charge in [-0.25, -0.2) is 4.98 Å². The summed E-state index contributed by atoms with van der Waals surface area (Å²) in [7, 11) is 0. The van der Waals surface area contributed by atoms with Crippen LogP contribution in [0.2, 0.25) is 5.02 Å². The smallest absolute Gasteiger partial charge is 0.325 e. The van der Waals surface area contributed by atoms with Crippen LogP contribution in [0, 0.1) is 5.92 Å². The summed E-state index contributed by atoms with van der Waals surface area (Å²) in [5, 5.41) is 0.475. The van der Waals surface area contributed by atoms with Crippen molar-refractivity contribution in [3.63, 3.8) is 0 Å². The van der Waals surface area contributed by atoms with Crippen molar-refractivity contribution < 1.29 is 14.3 Å². The van der Waals surface area contributed by atoms with E-state index in [0.717, 1.165) is 53.8 Å². The van der Waals surface area contributed by atoms with Gasteiger partial charge in [-0.1, -0.05) is 42.7 Å². The molecule has 1 aromatic carbocycles. The molecule has 2 aromatic heterocycles. The lowest BCUT2D eigenvalue weighted by Gasteiger charge is -2.15. The Morgan fingerprint density at radius 1 is 1.19 bits per heavy atom. The molecule has 0 amide bonds. The molecule has 0 radical (unpaired) electrons. The second kappa shape index (κ2) is 11.4. The van der Waals surface area contributed by atoms with Gasteiger partial charge < -0.3 is 19.0 Å². The SMILES string of the molecule is CCOC(=O)Cn1cncc1COc1ccc(/C(=C\C2CCCC2)c2ccc(C3CC3)c(=O)[nH]2)cc1Cl. The maximum absolute atomic E-state index is 12.8. The number of carbonyl (C=O) groups excluding carboxylic acids is 1. The molecular formula is C29H32ClN3O4. The molecule has 7 nitrogen and oxygen atoms in total. The lowest BCUT2D eigenvalue weighted by atomic mass is 9.95. The van der Waals surface area contributed by atoms with Gasteiger partial charge in [-0.2, -0.15) is 0 Å². The average Bonchev–Trinajstić information content (AvgIpc) is 3.40. The summed E-state index contributed by atoms with van der Waals surface area (Å²) < 4.78 is 12.7. The number of hydrogen-bond acceptors (Lipinski definition) is 5. The van der Waals surface area contributed by atoms with E-state index in [0.29, 0.717) is 29.2 Å². The van der Waals surface area contributed by atoms with Gasteiger partial charge in [0, 0.05) is 16.8 Å². The Kier molecular flexibility index (Phi) is 7.79. The van der Waals surface area contributed by atoms with Crippen molar-refractivity contribution in [2.24, 2.45) is 5.92 Å². The first-order chi connectivity index (χ1) is 18.0. The number of aromatic nitrogens is 3. The molecule has 3 aromatic rings. The lowest BCUT2D eigenvalue weighted by molar-refractivity contribution is -0.143. The first kappa shape index (κ1) is 25.3. The van der Waals surface area contributed by atoms with Crippen molar-refractivity contribution in [3.05, 3.63) is 86.8 Å². The molecule has 0 saturated heterocycles. The maximum atomic E-state index is 12.8. The topological polar surface area (TPSA) is 86.2 Å². The molecule has 2 fully saturated rings. The van der Waals surface area contributed by atoms with Crippen molar-refractivity contribution in [3.8, 4) is 5.75 Å². The number of aromatic amines is 1. The molecule has 0 unspecified atom stereocenters. The minimum atomic E-state index is -0.325. The number of halogens is 1. The third-order valence-electron chi connectivity index (χ3n) is 7.07. The molecule has 194 valence electrons. The third-order valence-corrected chi connectivity index (χ3v) is 7.37. The number of pyridine rings is 1. The second-order valence-electron chi connectivity index (χ2n) is 9.81. The Labute approximate surface area is 221 Å². The summed E-state index contributed by atoms with van der Waals surface area (Å²) >= 11 is 6.67. The molecule has 2 aliphatic carbocycles. The van der Waals surface area contributed by atoms with E-state index in [2.05, 4.69) is 16.0 Å². The molecular weight excluding hydrogens is 490 g/mol. The van der Waals surface area contributed by atoms with Crippen molar-refractivity contribution in [1.82, 2.24) is 14.5 Å². The Balaban J connectivity index is 1.36. The normalized spacial score (nSPS) is 16.2. The van der Waals surface area contributed by atoms with Gasteiger partial charge in [0.1, 0.15) is 18.9 Å². The number of H-pyrrole nitrogens is 1. The number of rotatable bonds is 10. The molecule has 2 heterocycles. The Morgan fingerprint density at radius 3 is 2.70 bits per heavy atom. The highest BCUT2D eigenvalue weighted by atomic mass is 35.5. The maximum Gasteiger partial charge on any atom is 0.325 e. The second-order valence-corrected chi connectivity index (χ2v) is 10.2. The monoisotopic (exact) mass is 521 g/mol. The summed E-state index contributed by atoms with van der Waals surface area (Å²) in [6, 6.07) is 9.72. The minimum absolute atomic E-state index is 0.00259. The van der Waals surface area contributed by atoms with Crippen LogP contribution in [0.15, 0.2) is 53.7 Å². The molecule has 0 aliphatic heterocycles. The van der Waals surface area contributed by atoms with Crippen molar-refractivity contribution >= 4 is 23.1 Å². The molecule has 2 saturated carbocycles. The average molecular weight is 522 g/mol.